The first-order valence-electron chi connectivity index (χ1n) is 6.56. The summed E-state index contributed by atoms with van der Waals surface area (Å²) in [5.41, 5.74) is 2.73. The van der Waals surface area contributed by atoms with Crippen LogP contribution in [0.3, 0.4) is 0 Å². The summed E-state index contributed by atoms with van der Waals surface area (Å²) < 4.78 is 5.22. The van der Waals surface area contributed by atoms with Crippen LogP contribution in [-0.2, 0) is 4.74 Å². The molecule has 3 N–H and O–H groups in total. The summed E-state index contributed by atoms with van der Waals surface area (Å²) in [5, 5.41) is 0. The Kier molecular flexibility index (Phi) is 6.96. The fraction of sp³-hybridized carbons (Fsp3) is 0.917. The Labute approximate surface area is 104 Å². The van der Waals surface area contributed by atoms with E-state index in [0.29, 0.717) is 5.92 Å². The molecule has 5 heteroatoms. The van der Waals surface area contributed by atoms with Crippen LogP contribution in [0.4, 0.5) is 0 Å². The van der Waals surface area contributed by atoms with E-state index in [-0.39, 0.29) is 0 Å². The second-order valence-corrected chi connectivity index (χ2v) is 4.61. The molecule has 1 rings (SSSR count). The summed E-state index contributed by atoms with van der Waals surface area (Å²) in [6.45, 7) is 5.86. The number of aliphatic imine (C=N–C) groups is 1. The predicted octanol–water partition coefficient (Wildman–Crippen LogP) is 0.964. The largest absolute Gasteiger partial charge is 0.384 e. The first-order chi connectivity index (χ1) is 8.31. The number of hydrogen-bond acceptors (Lipinski definition) is 3. The van der Waals surface area contributed by atoms with Crippen molar-refractivity contribution in [3.8, 4) is 0 Å². The Morgan fingerprint density at radius 3 is 3.06 bits per heavy atom. The van der Waals surface area contributed by atoms with Crippen LogP contribution in [0.1, 0.15) is 32.6 Å². The van der Waals surface area contributed by atoms with Gasteiger partial charge in [0.25, 0.3) is 0 Å². The van der Waals surface area contributed by atoms with Crippen molar-refractivity contribution in [3.05, 3.63) is 0 Å². The molecule has 1 aliphatic rings. The number of nitrogens with two attached hydrogens (primary N) is 1. The van der Waals surface area contributed by atoms with Crippen molar-refractivity contribution in [2.24, 2.45) is 16.8 Å². The van der Waals surface area contributed by atoms with E-state index in [4.69, 9.17) is 10.6 Å². The SMILES string of the molecule is CCCCN=C(NN)N1CCCC(COC)C1. The van der Waals surface area contributed by atoms with Gasteiger partial charge >= 0.3 is 0 Å². The molecule has 0 radical (unpaired) electrons. The lowest BCUT2D eigenvalue weighted by Crippen LogP contribution is -2.49. The summed E-state index contributed by atoms with van der Waals surface area (Å²) in [4.78, 5) is 6.75. The molecule has 0 spiro atoms. The minimum Gasteiger partial charge on any atom is -0.384 e. The fourth-order valence-electron chi connectivity index (χ4n) is 2.21. The normalized spacial score (nSPS) is 21.7. The number of hydrogen-bond donors (Lipinski definition) is 2. The van der Waals surface area contributed by atoms with E-state index < -0.39 is 0 Å². The van der Waals surface area contributed by atoms with Crippen LogP contribution in [0, 0.1) is 5.92 Å². The number of hydrazine groups is 1. The van der Waals surface area contributed by atoms with Crippen LogP contribution in [0.15, 0.2) is 4.99 Å². The molecule has 1 aliphatic heterocycles. The molecule has 1 unspecified atom stereocenters. The molecule has 1 fully saturated rings. The summed E-state index contributed by atoms with van der Waals surface area (Å²) >= 11 is 0. The van der Waals surface area contributed by atoms with Crippen LogP contribution < -0.4 is 11.3 Å². The van der Waals surface area contributed by atoms with Crippen molar-refractivity contribution in [3.63, 3.8) is 0 Å². The number of guanidine groups is 1. The molecule has 100 valence electrons. The Hall–Kier alpha value is -0.810. The molecule has 5 nitrogen and oxygen atoms in total. The van der Waals surface area contributed by atoms with E-state index in [0.717, 1.165) is 45.0 Å². The monoisotopic (exact) mass is 242 g/mol. The maximum Gasteiger partial charge on any atom is 0.208 e. The average molecular weight is 242 g/mol. The van der Waals surface area contributed by atoms with E-state index in [1.165, 1.54) is 12.8 Å². The van der Waals surface area contributed by atoms with Gasteiger partial charge in [-0.2, -0.15) is 0 Å². The second-order valence-electron chi connectivity index (χ2n) is 4.61. The van der Waals surface area contributed by atoms with Crippen LogP contribution in [0.25, 0.3) is 0 Å². The maximum atomic E-state index is 5.55. The highest BCUT2D eigenvalue weighted by Gasteiger charge is 2.21. The van der Waals surface area contributed by atoms with E-state index in [1.54, 1.807) is 7.11 Å². The van der Waals surface area contributed by atoms with Gasteiger partial charge in [-0.3, -0.25) is 10.4 Å². The Morgan fingerprint density at radius 1 is 1.59 bits per heavy atom. The zero-order valence-electron chi connectivity index (χ0n) is 11.1. The summed E-state index contributed by atoms with van der Waals surface area (Å²) in [7, 11) is 1.76. The molecule has 0 aromatic rings. The summed E-state index contributed by atoms with van der Waals surface area (Å²) in [6.07, 6.45) is 4.69. The topological polar surface area (TPSA) is 62.9 Å². The van der Waals surface area contributed by atoms with Crippen LogP contribution >= 0.6 is 0 Å². The lowest BCUT2D eigenvalue weighted by molar-refractivity contribution is 0.114. The molecular formula is C12H26N4O. The van der Waals surface area contributed by atoms with Crippen LogP contribution in [-0.4, -0.2) is 44.2 Å². The third kappa shape index (κ3) is 4.91. The molecule has 0 aromatic carbocycles. The van der Waals surface area contributed by atoms with E-state index in [2.05, 4.69) is 22.2 Å². The highest BCUT2D eigenvalue weighted by Crippen LogP contribution is 2.16. The first-order valence-corrected chi connectivity index (χ1v) is 6.56. The Morgan fingerprint density at radius 2 is 2.41 bits per heavy atom. The fourth-order valence-corrected chi connectivity index (χ4v) is 2.21. The van der Waals surface area contributed by atoms with Gasteiger partial charge in [0.1, 0.15) is 0 Å². The molecule has 17 heavy (non-hydrogen) atoms. The van der Waals surface area contributed by atoms with Gasteiger partial charge < -0.3 is 9.64 Å². The number of nitrogens with one attached hydrogen (secondary N) is 1. The lowest BCUT2D eigenvalue weighted by atomic mass is 9.99. The number of unbranched alkanes of at least 4 members (excludes halogenated alkanes) is 1. The lowest BCUT2D eigenvalue weighted by Gasteiger charge is -2.34. The van der Waals surface area contributed by atoms with Gasteiger partial charge in [0.05, 0.1) is 6.61 Å². The van der Waals surface area contributed by atoms with Gasteiger partial charge in [-0.05, 0) is 25.2 Å². The summed E-state index contributed by atoms with van der Waals surface area (Å²) in [6, 6.07) is 0. The first kappa shape index (κ1) is 14.3. The highest BCUT2D eigenvalue weighted by atomic mass is 16.5. The number of rotatable bonds is 5. The zero-order valence-corrected chi connectivity index (χ0v) is 11.1. The van der Waals surface area contributed by atoms with Gasteiger partial charge in [0.2, 0.25) is 5.96 Å². The molecular weight excluding hydrogens is 216 g/mol. The molecule has 0 aromatic heterocycles. The predicted molar refractivity (Wildman–Crippen MR) is 70.7 cm³/mol. The average Bonchev–Trinajstić information content (AvgIpc) is 2.35. The minimum absolute atomic E-state index is 0.596. The minimum atomic E-state index is 0.596. The maximum absolute atomic E-state index is 5.55. The van der Waals surface area contributed by atoms with Gasteiger partial charge in [-0.25, -0.2) is 5.84 Å². The molecule has 0 aliphatic carbocycles. The van der Waals surface area contributed by atoms with Crippen LogP contribution in [0.2, 0.25) is 0 Å². The van der Waals surface area contributed by atoms with Crippen molar-refractivity contribution in [1.82, 2.24) is 10.3 Å². The second kappa shape index (κ2) is 8.31. The van der Waals surface area contributed by atoms with Crippen LogP contribution in [0.5, 0.6) is 0 Å². The van der Waals surface area contributed by atoms with E-state index in [9.17, 15) is 0 Å². The van der Waals surface area contributed by atoms with Crippen molar-refractivity contribution < 1.29 is 4.74 Å². The van der Waals surface area contributed by atoms with Crippen molar-refractivity contribution in [2.45, 2.75) is 32.6 Å². The van der Waals surface area contributed by atoms with Crippen molar-refractivity contribution in [1.29, 1.82) is 0 Å². The van der Waals surface area contributed by atoms with Crippen molar-refractivity contribution >= 4 is 5.96 Å². The third-order valence-corrected chi connectivity index (χ3v) is 3.12. The van der Waals surface area contributed by atoms with E-state index >= 15 is 0 Å². The molecule has 0 amide bonds. The van der Waals surface area contributed by atoms with Gasteiger partial charge in [0.15, 0.2) is 0 Å². The number of piperidine rings is 1. The highest BCUT2D eigenvalue weighted by molar-refractivity contribution is 5.79. The molecule has 1 atom stereocenters. The summed E-state index contributed by atoms with van der Waals surface area (Å²) in [5.74, 6) is 6.98. The van der Waals surface area contributed by atoms with Gasteiger partial charge in [-0.1, -0.05) is 13.3 Å². The van der Waals surface area contributed by atoms with E-state index in [1.807, 2.05) is 0 Å². The van der Waals surface area contributed by atoms with Gasteiger partial charge in [-0.15, -0.1) is 0 Å². The Balaban J connectivity index is 2.47. The van der Waals surface area contributed by atoms with Gasteiger partial charge in [0, 0.05) is 26.7 Å². The Bertz CT molecular complexity index is 231. The molecule has 0 saturated carbocycles. The molecule has 0 bridgehead atoms. The smallest absolute Gasteiger partial charge is 0.208 e. The number of likely N-dealkylation sites (tertiary alicyclic amines) is 1. The zero-order chi connectivity index (χ0) is 12.5. The quantitative estimate of drug-likeness (QED) is 0.248. The standard InChI is InChI=1S/C12H26N4O/c1-3-4-7-14-12(15-13)16-8-5-6-11(9-16)10-17-2/h11H,3-10,13H2,1-2H3,(H,14,15). The van der Waals surface area contributed by atoms with Crippen molar-refractivity contribution in [2.75, 3.05) is 33.4 Å². The number of nitrogens with zero attached hydrogens (tertiary/aromatic N) is 2. The molecule has 1 saturated heterocycles. The third-order valence-electron chi connectivity index (χ3n) is 3.12. The number of methoxy groups -OCH3 is 1. The molecule has 1 heterocycles. The number of ether oxygens (including phenoxy) is 1.